The number of imidazole rings is 2. The zero-order valence-corrected chi connectivity index (χ0v) is 25.0. The first kappa shape index (κ1) is 32.1. The Kier molecular flexibility index (Phi) is 19.8. The van der Waals surface area contributed by atoms with Crippen molar-refractivity contribution >= 4 is 0 Å². The molecule has 30 heavy (non-hydrogen) atoms. The normalized spacial score (nSPS) is 9.47. The fourth-order valence-electron chi connectivity index (χ4n) is 2.60. The molecule has 0 amide bonds. The summed E-state index contributed by atoms with van der Waals surface area (Å²) in [7, 11) is 3.50. The molecule has 0 radical (unpaired) electrons. The van der Waals surface area contributed by atoms with E-state index in [4.69, 9.17) is 0 Å². The molecular weight excluding hydrogens is 679 g/mol. The number of unbranched alkanes of at least 4 members (excludes halogenated alkanes) is 2. The van der Waals surface area contributed by atoms with Crippen molar-refractivity contribution in [2.24, 2.45) is 0 Å². The van der Waals surface area contributed by atoms with Gasteiger partial charge in [-0.05, 0) is 12.8 Å². The van der Waals surface area contributed by atoms with Gasteiger partial charge in [0.15, 0.2) is 0 Å². The average Bonchev–Trinajstić information content (AvgIpc) is 3.35. The van der Waals surface area contributed by atoms with Crippen LogP contribution in [0.1, 0.15) is 39.5 Å². The van der Waals surface area contributed by atoms with Gasteiger partial charge >= 0.3 is 26.2 Å². The van der Waals surface area contributed by atoms with Crippen molar-refractivity contribution in [2.45, 2.75) is 52.6 Å². The summed E-state index contributed by atoms with van der Waals surface area (Å²) in [6, 6.07) is 9.61. The van der Waals surface area contributed by atoms with Crippen LogP contribution < -0.4 is 57.1 Å². The minimum atomic E-state index is 0. The van der Waals surface area contributed by atoms with Crippen LogP contribution in [0.25, 0.3) is 16.7 Å². The maximum Gasteiger partial charge on any atom is 4.00 e. The number of hydrogen-bond acceptors (Lipinski definition) is 0. The summed E-state index contributed by atoms with van der Waals surface area (Å²) in [6.07, 6.45) is 19.6. The second-order valence-corrected chi connectivity index (χ2v) is 6.50. The molecule has 3 aromatic rings. The molecule has 1 aromatic carbocycles. The van der Waals surface area contributed by atoms with E-state index in [1.807, 2.05) is 21.5 Å². The zero-order chi connectivity index (χ0) is 19.5. The van der Waals surface area contributed by atoms with Crippen molar-refractivity contribution < 1.29 is 83.3 Å². The second kappa shape index (κ2) is 18.5. The molecule has 0 bridgehead atoms. The van der Waals surface area contributed by atoms with Crippen LogP contribution in [0.2, 0.25) is 0 Å². The van der Waals surface area contributed by atoms with Crippen LogP contribution in [0.15, 0.2) is 43.0 Å². The molecule has 0 atom stereocenters. The van der Waals surface area contributed by atoms with Crippen LogP contribution in [0.3, 0.4) is 0 Å². The molecule has 0 aliphatic carbocycles. The van der Waals surface area contributed by atoms with Crippen LogP contribution >= 0.6 is 0 Å². The molecule has 5 nitrogen and oxygen atoms in total. The van der Waals surface area contributed by atoms with Crippen LogP contribution in [0.4, 0.5) is 0 Å². The third-order valence-corrected chi connectivity index (χ3v) is 4.05. The number of halogens is 2. The number of rotatable bonds is 8. The van der Waals surface area contributed by atoms with Crippen molar-refractivity contribution in [3.8, 4) is 11.4 Å². The Morgan fingerprint density at radius 1 is 0.833 bits per heavy atom. The Bertz CT molecular complexity index is 743. The van der Waals surface area contributed by atoms with Crippen molar-refractivity contribution in [3.63, 3.8) is 0 Å². The minimum absolute atomic E-state index is 0. The van der Waals surface area contributed by atoms with Crippen LogP contribution in [0, 0.1) is 18.7 Å². The predicted molar refractivity (Wildman–Crippen MR) is 107 cm³/mol. The third kappa shape index (κ3) is 10.5. The molecule has 0 aliphatic heterocycles. The van der Waals surface area contributed by atoms with E-state index < -0.39 is 0 Å². The molecule has 0 saturated heterocycles. The van der Waals surface area contributed by atoms with Gasteiger partial charge < -0.3 is 71.5 Å². The molecule has 2 heterocycles. The van der Waals surface area contributed by atoms with Gasteiger partial charge in [0.25, 0.3) is 0 Å². The van der Waals surface area contributed by atoms with Gasteiger partial charge in [-0.2, -0.15) is 38.4 Å². The van der Waals surface area contributed by atoms with Crippen LogP contribution in [-0.2, 0) is 39.3 Å². The molecule has 0 N–H and O–H groups in total. The molecule has 3 rings (SSSR count). The van der Waals surface area contributed by atoms with E-state index in [9.17, 15) is 0 Å². The standard InChI is InChI=1S/C20H25N4.C2H6N.2HI.Zr/c1-3-5-10-21-12-14-23(17-21)19-8-7-9-20(16-19)24-15-13-22(18-24)11-6-4-2;1-3-2;;;/h7-9,12-15H,3-6,10-11H2,1-2H3;1-2H3;2*1H;/q2*-1;;;+4/p-2. The van der Waals surface area contributed by atoms with E-state index in [2.05, 4.69) is 77.6 Å². The van der Waals surface area contributed by atoms with Crippen molar-refractivity contribution in [2.75, 3.05) is 14.1 Å². The minimum Gasteiger partial charge on any atom is -1.00 e. The summed E-state index contributed by atoms with van der Waals surface area (Å²) in [4.78, 5) is 0. The van der Waals surface area contributed by atoms with E-state index in [1.54, 1.807) is 14.1 Å². The van der Waals surface area contributed by atoms with Gasteiger partial charge in [0.1, 0.15) is 0 Å². The van der Waals surface area contributed by atoms with Gasteiger partial charge in [0.05, 0.1) is 13.1 Å². The third-order valence-electron chi connectivity index (χ3n) is 4.05. The quantitative estimate of drug-likeness (QED) is 0.141. The summed E-state index contributed by atoms with van der Waals surface area (Å²) in [5, 5.41) is 3.50. The first-order valence-corrected chi connectivity index (χ1v) is 9.73. The molecular formula is C22H31I2N5Zr. The van der Waals surface area contributed by atoms with Crippen LogP contribution in [-0.4, -0.2) is 23.2 Å². The van der Waals surface area contributed by atoms with E-state index >= 15 is 0 Å². The van der Waals surface area contributed by atoms with Gasteiger partial charge in [0, 0.05) is 24.8 Å². The molecule has 8 heteroatoms. The van der Waals surface area contributed by atoms with Crippen molar-refractivity contribution in [3.05, 3.63) is 67.0 Å². The fraction of sp³-hybridized carbons (Fsp3) is 0.455. The van der Waals surface area contributed by atoms with Crippen molar-refractivity contribution in [1.82, 2.24) is 9.13 Å². The number of benzene rings is 1. The molecule has 0 aliphatic rings. The average molecular weight is 711 g/mol. The maximum atomic E-state index is 3.50. The Morgan fingerprint density at radius 2 is 1.23 bits per heavy atom. The number of aryl methyl sites for hydroxylation is 2. The summed E-state index contributed by atoms with van der Waals surface area (Å²) >= 11 is 0. The maximum absolute atomic E-state index is 3.50. The smallest absolute Gasteiger partial charge is 1.00 e. The molecule has 2 aromatic heterocycles. The van der Waals surface area contributed by atoms with E-state index in [-0.39, 0.29) is 74.2 Å². The first-order chi connectivity index (χ1) is 13.2. The SMILES string of the molecule is CCCC[n+]1[c-]n(-c2[c-]c(-n3[c-][n+](CCCC)cc3)ccc2)cc1.C[N-]C.[I-].[I-].[Zr+4]. The number of nitrogens with zero attached hydrogens (tertiary/aromatic N) is 5. The topological polar surface area (TPSA) is 31.7 Å². The van der Waals surface area contributed by atoms with Crippen molar-refractivity contribution in [1.29, 1.82) is 0 Å². The number of hydrogen-bond donors (Lipinski definition) is 0. The van der Waals surface area contributed by atoms with E-state index in [1.165, 1.54) is 25.7 Å². The van der Waals surface area contributed by atoms with E-state index in [0.29, 0.717) is 0 Å². The van der Waals surface area contributed by atoms with E-state index in [0.717, 1.165) is 24.5 Å². The Balaban J connectivity index is 0. The summed E-state index contributed by atoms with van der Waals surface area (Å²) < 4.78 is 8.19. The van der Waals surface area contributed by atoms with Gasteiger partial charge in [0.2, 0.25) is 12.7 Å². The largest absolute Gasteiger partial charge is 4.00 e. The van der Waals surface area contributed by atoms with Gasteiger partial charge in [-0.15, -0.1) is 0 Å². The first-order valence-electron chi connectivity index (χ1n) is 9.73. The van der Waals surface area contributed by atoms with Gasteiger partial charge in [-0.3, -0.25) is 0 Å². The summed E-state index contributed by atoms with van der Waals surface area (Å²) in [5.41, 5.74) is 1.98. The summed E-state index contributed by atoms with van der Waals surface area (Å²) in [5.74, 6) is 0. The zero-order valence-electron chi connectivity index (χ0n) is 18.3. The predicted octanol–water partition coefficient (Wildman–Crippen LogP) is -2.53. The van der Waals surface area contributed by atoms with Gasteiger partial charge in [-0.1, -0.05) is 38.1 Å². The Labute approximate surface area is 235 Å². The molecule has 0 unspecified atom stereocenters. The molecule has 0 spiro atoms. The summed E-state index contributed by atoms with van der Waals surface area (Å²) in [6.45, 7) is 6.42. The Hall–Kier alpha value is -0.0569. The molecule has 0 fully saturated rings. The number of aromatic nitrogens is 4. The molecule has 0 saturated carbocycles. The van der Waals surface area contributed by atoms with Gasteiger partial charge in [-0.25, -0.2) is 0 Å². The molecule has 162 valence electrons. The van der Waals surface area contributed by atoms with Crippen LogP contribution in [0.5, 0.6) is 0 Å². The monoisotopic (exact) mass is 709 g/mol. The second-order valence-electron chi connectivity index (χ2n) is 6.50. The Morgan fingerprint density at radius 3 is 1.60 bits per heavy atom. The fourth-order valence-corrected chi connectivity index (χ4v) is 2.60.